The van der Waals surface area contributed by atoms with Gasteiger partial charge in [-0.15, -0.1) is 0 Å². The van der Waals surface area contributed by atoms with Gasteiger partial charge in [0.15, 0.2) is 0 Å². The zero-order valence-corrected chi connectivity index (χ0v) is 18.7. The highest BCUT2D eigenvalue weighted by atomic mass is 32.2. The summed E-state index contributed by atoms with van der Waals surface area (Å²) in [5.41, 5.74) is 1.87. The largest absolute Gasteiger partial charge is 0.444 e. The zero-order valence-electron chi connectivity index (χ0n) is 17.9. The number of likely N-dealkylation sites (tertiary alicyclic amines) is 1. The Kier molecular flexibility index (Phi) is 5.62. The lowest BCUT2D eigenvalue weighted by molar-refractivity contribution is 0.00724. The topological polar surface area (TPSA) is 71.5 Å². The predicted octanol–water partition coefficient (Wildman–Crippen LogP) is 3.75. The number of carbonyl (C=O) groups is 1. The van der Waals surface area contributed by atoms with Crippen LogP contribution in [0.5, 0.6) is 0 Å². The van der Waals surface area contributed by atoms with Crippen LogP contribution in [0, 0.1) is 5.41 Å². The van der Waals surface area contributed by atoms with Crippen molar-refractivity contribution >= 4 is 17.1 Å². The summed E-state index contributed by atoms with van der Waals surface area (Å²) in [6, 6.07) is 2.05. The minimum atomic E-state index is -1.17. The molecule has 1 spiro atoms. The molecule has 1 aliphatic carbocycles. The van der Waals surface area contributed by atoms with Gasteiger partial charge in [-0.05, 0) is 83.4 Å². The molecule has 3 rings (SSSR count). The van der Waals surface area contributed by atoms with Crippen molar-refractivity contribution < 1.29 is 13.7 Å². The van der Waals surface area contributed by atoms with Gasteiger partial charge in [0.1, 0.15) is 5.60 Å². The molecule has 0 radical (unpaired) electrons. The second kappa shape index (κ2) is 7.41. The van der Waals surface area contributed by atoms with Crippen LogP contribution in [0.15, 0.2) is 18.5 Å². The maximum Gasteiger partial charge on any atom is 0.410 e. The highest BCUT2D eigenvalue weighted by molar-refractivity contribution is 7.84. The molecule has 2 aliphatic rings. The first-order chi connectivity index (χ1) is 12.9. The standard InChI is InChI=1S/C21H33N3O3S/c1-19(2,3)27-18(25)24-11-8-21(9-12-24)13-15-14-22-10-7-16(15)17(21)23-28(26)20(4,5)6/h7,10,14,17,23H,8-9,11-13H2,1-6H3/t17?,28-/m1/s1. The number of nitrogens with zero attached hydrogens (tertiary/aromatic N) is 2. The monoisotopic (exact) mass is 407 g/mol. The molecule has 1 fully saturated rings. The van der Waals surface area contributed by atoms with E-state index in [0.29, 0.717) is 13.1 Å². The summed E-state index contributed by atoms with van der Waals surface area (Å²) in [6.07, 6.45) is 6.08. The smallest absolute Gasteiger partial charge is 0.410 e. The van der Waals surface area contributed by atoms with Gasteiger partial charge in [0, 0.05) is 25.5 Å². The van der Waals surface area contributed by atoms with Crippen molar-refractivity contribution in [2.45, 2.75) is 77.2 Å². The molecule has 0 aromatic carbocycles. The summed E-state index contributed by atoms with van der Waals surface area (Å²) in [5.74, 6) is 0. The van der Waals surface area contributed by atoms with Crippen LogP contribution in [0.3, 0.4) is 0 Å². The van der Waals surface area contributed by atoms with Crippen LogP contribution >= 0.6 is 0 Å². The Labute approximate surface area is 171 Å². The number of hydrogen-bond donors (Lipinski definition) is 1. The second-order valence-corrected chi connectivity index (χ2v) is 12.0. The van der Waals surface area contributed by atoms with Crippen LogP contribution in [0.4, 0.5) is 4.79 Å². The molecular formula is C21H33N3O3S. The summed E-state index contributed by atoms with van der Waals surface area (Å²) < 4.78 is 21.5. The fraction of sp³-hybridized carbons (Fsp3) is 0.714. The van der Waals surface area contributed by atoms with E-state index in [-0.39, 0.29) is 22.3 Å². The van der Waals surface area contributed by atoms with Crippen molar-refractivity contribution in [2.24, 2.45) is 5.41 Å². The third-order valence-electron chi connectivity index (χ3n) is 5.60. The van der Waals surface area contributed by atoms with E-state index in [0.717, 1.165) is 19.3 Å². The first-order valence-electron chi connectivity index (χ1n) is 10.0. The fourth-order valence-corrected chi connectivity index (χ4v) is 5.02. The van der Waals surface area contributed by atoms with Crippen LogP contribution in [0.2, 0.25) is 0 Å². The number of rotatable bonds is 2. The van der Waals surface area contributed by atoms with E-state index in [1.165, 1.54) is 11.1 Å². The maximum atomic E-state index is 12.9. The number of hydrogen-bond acceptors (Lipinski definition) is 4. The normalized spacial score (nSPS) is 22.8. The summed E-state index contributed by atoms with van der Waals surface area (Å²) in [4.78, 5) is 18.5. The van der Waals surface area contributed by atoms with Gasteiger partial charge in [-0.2, -0.15) is 0 Å². The maximum absolute atomic E-state index is 12.9. The van der Waals surface area contributed by atoms with E-state index >= 15 is 0 Å². The SMILES string of the molecule is CC(C)(C)OC(=O)N1CCC2(CC1)Cc1cnccc1C2N[S@](=O)C(C)(C)C. The fourth-order valence-electron chi connectivity index (χ4n) is 4.08. The van der Waals surface area contributed by atoms with Crippen molar-refractivity contribution in [3.05, 3.63) is 29.6 Å². The number of ether oxygens (including phenoxy) is 1. The number of pyridine rings is 1. The molecule has 1 aliphatic heterocycles. The number of aromatic nitrogens is 1. The number of amides is 1. The number of piperidine rings is 1. The molecule has 1 aromatic rings. The third kappa shape index (κ3) is 4.40. The van der Waals surface area contributed by atoms with Gasteiger partial charge in [-0.1, -0.05) is 0 Å². The molecule has 2 atom stereocenters. The molecule has 28 heavy (non-hydrogen) atoms. The third-order valence-corrected chi connectivity index (χ3v) is 7.16. The van der Waals surface area contributed by atoms with E-state index in [9.17, 15) is 9.00 Å². The van der Waals surface area contributed by atoms with Crippen LogP contribution in [-0.2, 0) is 22.1 Å². The van der Waals surface area contributed by atoms with Crippen LogP contribution in [-0.4, -0.2) is 43.6 Å². The lowest BCUT2D eigenvalue weighted by atomic mass is 9.73. The first kappa shape index (κ1) is 21.2. The summed E-state index contributed by atoms with van der Waals surface area (Å²) in [7, 11) is -1.17. The van der Waals surface area contributed by atoms with Gasteiger partial charge in [-0.25, -0.2) is 13.7 Å². The average molecular weight is 408 g/mol. The van der Waals surface area contributed by atoms with E-state index < -0.39 is 16.6 Å². The number of fused-ring (bicyclic) bond motifs is 1. The van der Waals surface area contributed by atoms with Crippen LogP contribution in [0.25, 0.3) is 0 Å². The Morgan fingerprint density at radius 1 is 1.25 bits per heavy atom. The molecule has 156 valence electrons. The molecule has 1 amide bonds. The Morgan fingerprint density at radius 2 is 1.89 bits per heavy atom. The number of carbonyl (C=O) groups excluding carboxylic acids is 1. The molecule has 1 N–H and O–H groups in total. The van der Waals surface area contributed by atoms with Crippen LogP contribution < -0.4 is 4.72 Å². The van der Waals surface area contributed by atoms with Gasteiger partial charge in [0.05, 0.1) is 21.8 Å². The molecule has 0 saturated carbocycles. The van der Waals surface area contributed by atoms with E-state index in [1.54, 1.807) is 4.90 Å². The molecule has 0 bridgehead atoms. The summed E-state index contributed by atoms with van der Waals surface area (Å²) in [6.45, 7) is 12.9. The molecule has 1 aromatic heterocycles. The van der Waals surface area contributed by atoms with Gasteiger partial charge >= 0.3 is 6.09 Å². The van der Waals surface area contributed by atoms with E-state index in [2.05, 4.69) is 9.71 Å². The Bertz CT molecular complexity index is 759. The number of nitrogens with one attached hydrogen (secondary N) is 1. The average Bonchev–Trinajstić information content (AvgIpc) is 2.86. The minimum Gasteiger partial charge on any atom is -0.444 e. The van der Waals surface area contributed by atoms with Crippen LogP contribution in [0.1, 0.15) is 71.6 Å². The molecule has 1 saturated heterocycles. The highest BCUT2D eigenvalue weighted by Gasteiger charge is 2.49. The lowest BCUT2D eigenvalue weighted by Gasteiger charge is -2.44. The summed E-state index contributed by atoms with van der Waals surface area (Å²) in [5, 5.41) is 0. The van der Waals surface area contributed by atoms with Crippen molar-refractivity contribution in [1.29, 1.82) is 0 Å². The van der Waals surface area contributed by atoms with E-state index in [1.807, 2.05) is 60.0 Å². The predicted molar refractivity (Wildman–Crippen MR) is 111 cm³/mol. The lowest BCUT2D eigenvalue weighted by Crippen LogP contribution is -2.49. The van der Waals surface area contributed by atoms with Crippen molar-refractivity contribution in [3.63, 3.8) is 0 Å². The molecular weight excluding hydrogens is 374 g/mol. The first-order valence-corrected chi connectivity index (χ1v) is 11.2. The van der Waals surface area contributed by atoms with E-state index in [4.69, 9.17) is 4.74 Å². The van der Waals surface area contributed by atoms with Crippen molar-refractivity contribution in [1.82, 2.24) is 14.6 Å². The molecule has 7 heteroatoms. The van der Waals surface area contributed by atoms with Crippen molar-refractivity contribution in [2.75, 3.05) is 13.1 Å². The molecule has 1 unspecified atom stereocenters. The quantitative estimate of drug-likeness (QED) is 0.810. The molecule has 6 nitrogen and oxygen atoms in total. The molecule has 2 heterocycles. The van der Waals surface area contributed by atoms with Gasteiger partial charge < -0.3 is 9.64 Å². The Hall–Kier alpha value is -1.47. The zero-order chi connectivity index (χ0) is 20.7. The highest BCUT2D eigenvalue weighted by Crippen LogP contribution is 2.52. The van der Waals surface area contributed by atoms with Gasteiger partial charge in [0.25, 0.3) is 0 Å². The van der Waals surface area contributed by atoms with Gasteiger partial charge in [0.2, 0.25) is 0 Å². The second-order valence-electron chi connectivity index (χ2n) is 10.0. The Balaban J connectivity index is 1.79. The minimum absolute atomic E-state index is 0.00587. The Morgan fingerprint density at radius 3 is 2.46 bits per heavy atom. The van der Waals surface area contributed by atoms with Gasteiger partial charge in [-0.3, -0.25) is 4.98 Å². The summed E-state index contributed by atoms with van der Waals surface area (Å²) >= 11 is 0. The van der Waals surface area contributed by atoms with Crippen molar-refractivity contribution in [3.8, 4) is 0 Å².